The molecule has 1 heterocycles. The Hall–Kier alpha value is -2.82. The van der Waals surface area contributed by atoms with E-state index in [0.29, 0.717) is 0 Å². The number of anilines is 1. The molecule has 0 aliphatic carbocycles. The van der Waals surface area contributed by atoms with Crippen molar-refractivity contribution in [1.29, 1.82) is 0 Å². The molecule has 1 saturated heterocycles. The molecule has 112 valence electrons. The molecule has 5 heteroatoms. The van der Waals surface area contributed by atoms with Crippen LogP contribution in [-0.4, -0.2) is 36.0 Å². The van der Waals surface area contributed by atoms with Gasteiger partial charge in [0.15, 0.2) is 0 Å². The third-order valence-corrected chi connectivity index (χ3v) is 3.83. The summed E-state index contributed by atoms with van der Waals surface area (Å²) in [6, 6.07) is 18.3. The predicted molar refractivity (Wildman–Crippen MR) is 84.4 cm³/mol. The number of benzene rings is 2. The highest BCUT2D eigenvalue weighted by atomic mass is 16.2. The van der Waals surface area contributed by atoms with Gasteiger partial charge in [-0.25, -0.2) is 14.5 Å². The first kappa shape index (κ1) is 14.1. The fourth-order valence-electron chi connectivity index (χ4n) is 2.70. The molecule has 0 spiro atoms. The number of hydrogen-bond acceptors (Lipinski definition) is 2. The highest BCUT2D eigenvalue weighted by Gasteiger charge is 2.42. The Morgan fingerprint density at radius 2 is 1.32 bits per heavy atom. The van der Waals surface area contributed by atoms with E-state index in [1.165, 1.54) is 7.05 Å². The van der Waals surface area contributed by atoms with Crippen molar-refractivity contribution in [2.24, 2.45) is 0 Å². The Labute approximate surface area is 129 Å². The van der Waals surface area contributed by atoms with Gasteiger partial charge in [0.1, 0.15) is 6.17 Å². The SMILES string of the molecule is CN1C(=O)N(C)C(c2ccccc2)N(c2ccccc2)C1=O. The van der Waals surface area contributed by atoms with Crippen LogP contribution in [0.3, 0.4) is 0 Å². The monoisotopic (exact) mass is 295 g/mol. The molecule has 0 bridgehead atoms. The van der Waals surface area contributed by atoms with E-state index >= 15 is 0 Å². The van der Waals surface area contributed by atoms with Crippen molar-refractivity contribution in [3.05, 3.63) is 66.2 Å². The Morgan fingerprint density at radius 1 is 0.773 bits per heavy atom. The number of amides is 4. The second-order valence-electron chi connectivity index (χ2n) is 5.22. The lowest BCUT2D eigenvalue weighted by Crippen LogP contribution is -2.60. The molecule has 5 nitrogen and oxygen atoms in total. The summed E-state index contributed by atoms with van der Waals surface area (Å²) in [5.41, 5.74) is 1.65. The van der Waals surface area contributed by atoms with Crippen LogP contribution < -0.4 is 4.90 Å². The van der Waals surface area contributed by atoms with E-state index in [-0.39, 0.29) is 12.1 Å². The summed E-state index contributed by atoms with van der Waals surface area (Å²) >= 11 is 0. The van der Waals surface area contributed by atoms with Crippen molar-refractivity contribution in [3.8, 4) is 0 Å². The summed E-state index contributed by atoms with van der Waals surface area (Å²) in [4.78, 5) is 29.3. The van der Waals surface area contributed by atoms with Gasteiger partial charge < -0.3 is 4.90 Å². The predicted octanol–water partition coefficient (Wildman–Crippen LogP) is 3.31. The molecule has 1 aliphatic heterocycles. The molecule has 2 aromatic carbocycles. The minimum absolute atomic E-state index is 0.314. The maximum Gasteiger partial charge on any atom is 0.334 e. The lowest BCUT2D eigenvalue weighted by Gasteiger charge is -2.44. The number of rotatable bonds is 2. The zero-order chi connectivity index (χ0) is 15.7. The summed E-state index contributed by atoms with van der Waals surface area (Å²) in [5, 5.41) is 0. The molecule has 4 amide bonds. The van der Waals surface area contributed by atoms with Gasteiger partial charge in [0.2, 0.25) is 0 Å². The molecule has 0 saturated carbocycles. The van der Waals surface area contributed by atoms with Gasteiger partial charge >= 0.3 is 12.1 Å². The van der Waals surface area contributed by atoms with Crippen LogP contribution in [-0.2, 0) is 0 Å². The van der Waals surface area contributed by atoms with Gasteiger partial charge in [0.05, 0.1) is 0 Å². The molecule has 22 heavy (non-hydrogen) atoms. The molecule has 1 atom stereocenters. The van der Waals surface area contributed by atoms with E-state index < -0.39 is 6.17 Å². The number of carbonyl (C=O) groups excluding carboxylic acids is 2. The van der Waals surface area contributed by atoms with E-state index in [2.05, 4.69) is 0 Å². The van der Waals surface area contributed by atoms with Crippen LogP contribution in [0.25, 0.3) is 0 Å². The van der Waals surface area contributed by atoms with Crippen LogP contribution in [0.5, 0.6) is 0 Å². The molecule has 1 fully saturated rings. The summed E-state index contributed by atoms with van der Waals surface area (Å²) in [5.74, 6) is 0. The molecule has 0 aromatic heterocycles. The van der Waals surface area contributed by atoms with Gasteiger partial charge in [0.25, 0.3) is 0 Å². The summed E-state index contributed by atoms with van der Waals surface area (Å²) < 4.78 is 0. The maximum atomic E-state index is 12.7. The van der Waals surface area contributed by atoms with Crippen molar-refractivity contribution >= 4 is 17.7 Å². The van der Waals surface area contributed by atoms with Crippen molar-refractivity contribution in [2.45, 2.75) is 6.17 Å². The second kappa shape index (κ2) is 5.52. The maximum absolute atomic E-state index is 12.7. The Bertz CT molecular complexity index is 688. The Balaban J connectivity index is 2.13. The number of urea groups is 2. The van der Waals surface area contributed by atoms with Crippen LogP contribution in [0.15, 0.2) is 60.7 Å². The van der Waals surface area contributed by atoms with E-state index in [1.54, 1.807) is 16.8 Å². The van der Waals surface area contributed by atoms with E-state index in [9.17, 15) is 9.59 Å². The number of imide groups is 1. The topological polar surface area (TPSA) is 43.9 Å². The van der Waals surface area contributed by atoms with Crippen LogP contribution in [0.2, 0.25) is 0 Å². The lowest BCUT2D eigenvalue weighted by molar-refractivity contribution is 0.136. The standard InChI is InChI=1S/C17H17N3O2/c1-18-15(13-9-5-3-6-10-13)20(14-11-7-4-8-12-14)17(22)19(2)16(18)21/h3-12,15H,1-2H3. The van der Waals surface area contributed by atoms with E-state index in [0.717, 1.165) is 16.2 Å². The first-order valence-electron chi connectivity index (χ1n) is 7.05. The molecule has 0 N–H and O–H groups in total. The van der Waals surface area contributed by atoms with Gasteiger partial charge in [-0.3, -0.25) is 4.90 Å². The van der Waals surface area contributed by atoms with Gasteiger partial charge in [-0.05, 0) is 17.7 Å². The molecule has 0 radical (unpaired) electrons. The number of para-hydroxylation sites is 1. The van der Waals surface area contributed by atoms with Crippen LogP contribution in [0.4, 0.5) is 15.3 Å². The average Bonchev–Trinajstić information content (AvgIpc) is 2.57. The highest BCUT2D eigenvalue weighted by molar-refractivity contribution is 6.05. The molecule has 2 aromatic rings. The number of nitrogens with zero attached hydrogens (tertiary/aromatic N) is 3. The van der Waals surface area contributed by atoms with Crippen LogP contribution in [0.1, 0.15) is 11.7 Å². The van der Waals surface area contributed by atoms with Gasteiger partial charge in [-0.1, -0.05) is 48.5 Å². The summed E-state index contributed by atoms with van der Waals surface area (Å²) in [7, 11) is 3.21. The van der Waals surface area contributed by atoms with Gasteiger partial charge in [-0.15, -0.1) is 0 Å². The molecule has 1 aliphatic rings. The average molecular weight is 295 g/mol. The lowest BCUT2D eigenvalue weighted by atomic mass is 10.1. The smallest absolute Gasteiger partial charge is 0.302 e. The molecular formula is C17H17N3O2. The Kier molecular flexibility index (Phi) is 3.55. The van der Waals surface area contributed by atoms with Crippen molar-refractivity contribution in [2.75, 3.05) is 19.0 Å². The van der Waals surface area contributed by atoms with Crippen LogP contribution >= 0.6 is 0 Å². The summed E-state index contributed by atoms with van der Waals surface area (Å²) in [6.07, 6.45) is -0.459. The molecule has 1 unspecified atom stereocenters. The first-order valence-corrected chi connectivity index (χ1v) is 7.05. The fourth-order valence-corrected chi connectivity index (χ4v) is 2.70. The normalized spacial score (nSPS) is 18.8. The summed E-state index contributed by atoms with van der Waals surface area (Å²) in [6.45, 7) is 0. The van der Waals surface area contributed by atoms with E-state index in [4.69, 9.17) is 0 Å². The highest BCUT2D eigenvalue weighted by Crippen LogP contribution is 2.34. The minimum Gasteiger partial charge on any atom is -0.302 e. The second-order valence-corrected chi connectivity index (χ2v) is 5.22. The first-order chi connectivity index (χ1) is 10.6. The number of carbonyl (C=O) groups is 2. The third kappa shape index (κ3) is 2.20. The third-order valence-electron chi connectivity index (χ3n) is 3.83. The quantitative estimate of drug-likeness (QED) is 0.853. The van der Waals surface area contributed by atoms with Crippen molar-refractivity contribution in [1.82, 2.24) is 9.80 Å². The van der Waals surface area contributed by atoms with Crippen LogP contribution in [0, 0.1) is 0 Å². The number of hydrogen-bond donors (Lipinski definition) is 0. The fraction of sp³-hybridized carbons (Fsp3) is 0.176. The zero-order valence-corrected chi connectivity index (χ0v) is 12.5. The van der Waals surface area contributed by atoms with Gasteiger partial charge in [0, 0.05) is 19.8 Å². The zero-order valence-electron chi connectivity index (χ0n) is 12.5. The van der Waals surface area contributed by atoms with Crippen molar-refractivity contribution in [3.63, 3.8) is 0 Å². The largest absolute Gasteiger partial charge is 0.334 e. The minimum atomic E-state index is -0.459. The van der Waals surface area contributed by atoms with Crippen molar-refractivity contribution < 1.29 is 9.59 Å². The van der Waals surface area contributed by atoms with Gasteiger partial charge in [-0.2, -0.15) is 0 Å². The molecule has 3 rings (SSSR count). The Morgan fingerprint density at radius 3 is 1.91 bits per heavy atom. The molecular weight excluding hydrogens is 278 g/mol. The van der Waals surface area contributed by atoms with E-state index in [1.807, 2.05) is 60.7 Å².